The summed E-state index contributed by atoms with van der Waals surface area (Å²) in [7, 11) is 2.72. The van der Waals surface area contributed by atoms with Gasteiger partial charge in [-0.05, 0) is 57.9 Å². The molecule has 5 unspecified atom stereocenters. The van der Waals surface area contributed by atoms with Crippen LogP contribution in [0.1, 0.15) is 71.1 Å². The Kier molecular flexibility index (Phi) is 13.6. The quantitative estimate of drug-likeness (QED) is 0.198. The Morgan fingerprint density at radius 1 is 0.900 bits per heavy atom. The van der Waals surface area contributed by atoms with E-state index in [0.29, 0.717) is 19.4 Å². The van der Waals surface area contributed by atoms with E-state index in [2.05, 4.69) is 4.74 Å². The van der Waals surface area contributed by atoms with E-state index < -0.39 is 18.2 Å². The number of carbonyl (C=O) groups is 3. The molecule has 0 spiro atoms. The Hall–Kier alpha value is -2.75. The molecule has 0 radical (unpaired) electrons. The van der Waals surface area contributed by atoms with Gasteiger partial charge in [-0.2, -0.15) is 0 Å². The van der Waals surface area contributed by atoms with Gasteiger partial charge in [0, 0.05) is 19.1 Å². The Morgan fingerprint density at radius 3 is 2.45 bits per heavy atom. The summed E-state index contributed by atoms with van der Waals surface area (Å²) >= 11 is 0. The van der Waals surface area contributed by atoms with Crippen LogP contribution in [0.4, 0.5) is 0 Å². The van der Waals surface area contributed by atoms with E-state index in [-0.39, 0.29) is 49.7 Å². The predicted molar refractivity (Wildman–Crippen MR) is 148 cm³/mol. The third-order valence-corrected chi connectivity index (χ3v) is 7.20. The normalized spacial score (nSPS) is 30.3. The van der Waals surface area contributed by atoms with Crippen molar-refractivity contribution in [3.05, 3.63) is 47.6 Å². The fraction of sp³-hybridized carbons (Fsp3) is 0.645. The van der Waals surface area contributed by atoms with Crippen LogP contribution >= 0.6 is 0 Å². The van der Waals surface area contributed by atoms with Gasteiger partial charge >= 0.3 is 17.9 Å². The molecule has 9 nitrogen and oxygen atoms in total. The molecule has 5 atom stereocenters. The number of allylic oxidation sites excluding steroid dienone is 4. The molecule has 0 saturated carbocycles. The van der Waals surface area contributed by atoms with E-state index in [4.69, 9.17) is 23.7 Å². The molecule has 40 heavy (non-hydrogen) atoms. The van der Waals surface area contributed by atoms with Crippen LogP contribution in [0.25, 0.3) is 0 Å². The van der Waals surface area contributed by atoms with Crippen molar-refractivity contribution in [3.63, 3.8) is 0 Å². The topological polar surface area (TPSA) is 107 Å². The van der Waals surface area contributed by atoms with Gasteiger partial charge in [-0.25, -0.2) is 4.79 Å². The van der Waals surface area contributed by atoms with Crippen LogP contribution in [0.3, 0.4) is 0 Å². The summed E-state index contributed by atoms with van der Waals surface area (Å²) in [6.45, 7) is 2.65. The van der Waals surface area contributed by atoms with Crippen LogP contribution in [0.2, 0.25) is 0 Å². The van der Waals surface area contributed by atoms with Gasteiger partial charge in [0.25, 0.3) is 0 Å². The van der Waals surface area contributed by atoms with Crippen molar-refractivity contribution >= 4 is 17.9 Å². The molecule has 0 aromatic heterocycles. The molecule has 3 rings (SSSR count). The fourth-order valence-electron chi connectivity index (χ4n) is 5.27. The molecule has 0 aliphatic carbocycles. The minimum absolute atomic E-state index is 0.0683. The summed E-state index contributed by atoms with van der Waals surface area (Å²) < 4.78 is 33.9. The first-order valence-electron chi connectivity index (χ1n) is 14.3. The van der Waals surface area contributed by atoms with Gasteiger partial charge in [-0.3, -0.25) is 9.59 Å². The number of rotatable bonds is 6. The molecule has 3 aliphatic rings. The number of methoxy groups -OCH3 is 2. The highest BCUT2D eigenvalue weighted by Gasteiger charge is 2.32. The van der Waals surface area contributed by atoms with E-state index in [9.17, 15) is 14.4 Å². The summed E-state index contributed by atoms with van der Waals surface area (Å²) in [4.78, 5) is 36.3. The molecule has 0 aromatic carbocycles. The monoisotopic (exact) mass is 560 g/mol. The molecule has 3 heterocycles. The van der Waals surface area contributed by atoms with E-state index >= 15 is 0 Å². The molecule has 3 saturated heterocycles. The maximum atomic E-state index is 13.0. The Balaban J connectivity index is 1.68. The van der Waals surface area contributed by atoms with Gasteiger partial charge in [0.05, 0.1) is 58.1 Å². The maximum Gasteiger partial charge on any atom is 0.330 e. The molecular formula is C31H44O9. The summed E-state index contributed by atoms with van der Waals surface area (Å²) in [5.74, 6) is -1.08. The lowest BCUT2D eigenvalue weighted by Crippen LogP contribution is -2.37. The first-order valence-corrected chi connectivity index (χ1v) is 14.3. The van der Waals surface area contributed by atoms with Crippen LogP contribution < -0.4 is 0 Å². The second kappa shape index (κ2) is 17.1. The van der Waals surface area contributed by atoms with Crippen molar-refractivity contribution in [3.8, 4) is 0 Å². The average Bonchev–Trinajstić information content (AvgIpc) is 2.91. The van der Waals surface area contributed by atoms with Gasteiger partial charge in [0.15, 0.2) is 0 Å². The molecule has 3 aliphatic heterocycles. The summed E-state index contributed by atoms with van der Waals surface area (Å²) in [6.07, 6.45) is 16.8. The van der Waals surface area contributed by atoms with Crippen LogP contribution in [-0.4, -0.2) is 75.9 Å². The summed E-state index contributed by atoms with van der Waals surface area (Å²) in [6, 6.07) is 0. The van der Waals surface area contributed by atoms with Gasteiger partial charge in [0.2, 0.25) is 0 Å². The second-order valence-corrected chi connectivity index (χ2v) is 10.6. The Morgan fingerprint density at radius 2 is 1.65 bits per heavy atom. The standard InChI is InChI=1S/C31H44O9/c1-22(15-29(32)35-2)9-5-4-6-10-26-21-37-14-8-13-24-11-7-12-25(38-24)19-27-16-23(18-30(33)36-3)17-28(39-27)20-31(34)40-26/h4-6,9-10,18,24-28H,7-8,11-17,19-21H2,1-3H3/b5-4-,10-6+,22-9+,23-18-. The van der Waals surface area contributed by atoms with Gasteiger partial charge in [0.1, 0.15) is 6.10 Å². The average molecular weight is 561 g/mol. The number of fused-ring (bicyclic) bond motifs is 4. The van der Waals surface area contributed by atoms with Crippen molar-refractivity contribution in [1.82, 2.24) is 0 Å². The zero-order valence-corrected chi connectivity index (χ0v) is 24.0. The lowest BCUT2D eigenvalue weighted by molar-refractivity contribution is -0.156. The zero-order chi connectivity index (χ0) is 28.7. The minimum atomic E-state index is -0.565. The van der Waals surface area contributed by atoms with E-state index in [0.717, 1.165) is 49.7 Å². The minimum Gasteiger partial charge on any atom is -0.469 e. The van der Waals surface area contributed by atoms with Crippen molar-refractivity contribution < 1.29 is 42.8 Å². The summed E-state index contributed by atoms with van der Waals surface area (Å²) in [5.41, 5.74) is 1.78. The molecule has 0 amide bonds. The van der Waals surface area contributed by atoms with Crippen LogP contribution in [-0.2, 0) is 42.8 Å². The zero-order valence-electron chi connectivity index (χ0n) is 24.0. The molecule has 0 N–H and O–H groups in total. The number of cyclic esters (lactones) is 1. The summed E-state index contributed by atoms with van der Waals surface area (Å²) in [5, 5.41) is 0. The van der Waals surface area contributed by atoms with Crippen molar-refractivity contribution in [2.75, 3.05) is 27.4 Å². The highest BCUT2D eigenvalue weighted by molar-refractivity contribution is 5.82. The van der Waals surface area contributed by atoms with Gasteiger partial charge < -0.3 is 28.4 Å². The van der Waals surface area contributed by atoms with Crippen LogP contribution in [0.5, 0.6) is 0 Å². The second-order valence-electron chi connectivity index (χ2n) is 10.6. The van der Waals surface area contributed by atoms with Crippen molar-refractivity contribution in [2.24, 2.45) is 0 Å². The maximum absolute atomic E-state index is 13.0. The molecular weight excluding hydrogens is 516 g/mol. The fourth-order valence-corrected chi connectivity index (χ4v) is 5.27. The molecule has 4 bridgehead atoms. The number of hydrogen-bond donors (Lipinski definition) is 0. The van der Waals surface area contributed by atoms with E-state index in [1.54, 1.807) is 12.2 Å². The third kappa shape index (κ3) is 11.8. The van der Waals surface area contributed by atoms with Crippen LogP contribution in [0.15, 0.2) is 47.6 Å². The lowest BCUT2D eigenvalue weighted by atomic mass is 9.91. The van der Waals surface area contributed by atoms with Crippen molar-refractivity contribution in [1.29, 1.82) is 0 Å². The SMILES string of the molecule is COC(=O)/C=C1\CC2CC(=O)OC(/C=C/C=C\C=C(/C)CC(=O)OC)COCCCC3CCCC(CC(C1)O2)O3. The number of hydrogen-bond acceptors (Lipinski definition) is 9. The first-order chi connectivity index (χ1) is 19.3. The Bertz CT molecular complexity index is 964. The molecule has 222 valence electrons. The number of esters is 3. The number of carbonyl (C=O) groups excluding carboxylic acids is 3. The number of ether oxygens (including phenoxy) is 6. The highest BCUT2D eigenvalue weighted by Crippen LogP contribution is 2.33. The first kappa shape index (κ1) is 31.8. The third-order valence-electron chi connectivity index (χ3n) is 7.20. The van der Waals surface area contributed by atoms with Gasteiger partial charge in [-0.1, -0.05) is 35.5 Å². The van der Waals surface area contributed by atoms with E-state index in [1.807, 2.05) is 25.2 Å². The lowest BCUT2D eigenvalue weighted by Gasteiger charge is -2.36. The van der Waals surface area contributed by atoms with E-state index in [1.165, 1.54) is 20.3 Å². The highest BCUT2D eigenvalue weighted by atomic mass is 16.6. The molecule has 3 fully saturated rings. The molecule has 9 heteroatoms. The van der Waals surface area contributed by atoms with Crippen molar-refractivity contribution in [2.45, 2.75) is 102 Å². The Labute approximate surface area is 237 Å². The molecule has 0 aromatic rings. The predicted octanol–water partition coefficient (Wildman–Crippen LogP) is 4.70. The van der Waals surface area contributed by atoms with Crippen LogP contribution in [0, 0.1) is 0 Å². The smallest absolute Gasteiger partial charge is 0.330 e. The largest absolute Gasteiger partial charge is 0.469 e. The van der Waals surface area contributed by atoms with Gasteiger partial charge in [-0.15, -0.1) is 0 Å².